The predicted molar refractivity (Wildman–Crippen MR) is 64.9 cm³/mol. The maximum atomic E-state index is 11.4. The van der Waals surface area contributed by atoms with Crippen molar-refractivity contribution in [2.45, 2.75) is 20.0 Å². The predicted octanol–water partition coefficient (Wildman–Crippen LogP) is 2.57. The first-order valence-corrected chi connectivity index (χ1v) is 5.24. The third kappa shape index (κ3) is 3.81. The molecule has 1 N–H and O–H groups in total. The Morgan fingerprint density at radius 3 is 2.25 bits per heavy atom. The Morgan fingerprint density at radius 1 is 1.25 bits per heavy atom. The number of nitrogens with one attached hydrogen (secondary N) is 1. The van der Waals surface area contributed by atoms with E-state index in [1.165, 1.54) is 4.90 Å². The van der Waals surface area contributed by atoms with Crippen LogP contribution in [0.5, 0.6) is 5.75 Å². The largest absolute Gasteiger partial charge is 0.491 e. The number of urea groups is 1. The summed E-state index contributed by atoms with van der Waals surface area (Å²) in [6.45, 7) is 3.95. The molecule has 0 saturated heterocycles. The van der Waals surface area contributed by atoms with Gasteiger partial charge < -0.3 is 15.0 Å². The SMILES string of the molecule is CC(C)Oc1ccc(NC(=O)N(C)C)cc1. The number of ether oxygens (including phenoxy) is 1. The van der Waals surface area contributed by atoms with Gasteiger partial charge in [-0.2, -0.15) is 0 Å². The number of hydrogen-bond acceptors (Lipinski definition) is 2. The highest BCUT2D eigenvalue weighted by molar-refractivity contribution is 5.88. The molecule has 16 heavy (non-hydrogen) atoms. The van der Waals surface area contributed by atoms with Crippen molar-refractivity contribution in [2.24, 2.45) is 0 Å². The van der Waals surface area contributed by atoms with Gasteiger partial charge in [-0.25, -0.2) is 4.79 Å². The molecule has 0 aromatic heterocycles. The van der Waals surface area contributed by atoms with Gasteiger partial charge >= 0.3 is 6.03 Å². The smallest absolute Gasteiger partial charge is 0.321 e. The lowest BCUT2D eigenvalue weighted by molar-refractivity contribution is 0.230. The van der Waals surface area contributed by atoms with Gasteiger partial charge in [-0.15, -0.1) is 0 Å². The Morgan fingerprint density at radius 2 is 1.81 bits per heavy atom. The number of rotatable bonds is 3. The summed E-state index contributed by atoms with van der Waals surface area (Å²) in [6, 6.07) is 7.17. The van der Waals surface area contributed by atoms with Crippen molar-refractivity contribution >= 4 is 11.7 Å². The van der Waals surface area contributed by atoms with E-state index in [0.717, 1.165) is 11.4 Å². The Balaban J connectivity index is 2.61. The fraction of sp³-hybridized carbons (Fsp3) is 0.417. The average molecular weight is 222 g/mol. The maximum Gasteiger partial charge on any atom is 0.321 e. The molecule has 0 unspecified atom stereocenters. The third-order valence-electron chi connectivity index (χ3n) is 1.88. The Labute approximate surface area is 96.2 Å². The molecule has 0 spiro atoms. The molecule has 2 amide bonds. The molecular formula is C12H18N2O2. The lowest BCUT2D eigenvalue weighted by Crippen LogP contribution is -2.27. The monoisotopic (exact) mass is 222 g/mol. The van der Waals surface area contributed by atoms with E-state index in [9.17, 15) is 4.79 Å². The third-order valence-corrected chi connectivity index (χ3v) is 1.88. The van der Waals surface area contributed by atoms with Crippen molar-refractivity contribution < 1.29 is 9.53 Å². The lowest BCUT2D eigenvalue weighted by atomic mass is 10.3. The summed E-state index contributed by atoms with van der Waals surface area (Å²) < 4.78 is 5.50. The standard InChI is InChI=1S/C12H18N2O2/c1-9(2)16-11-7-5-10(6-8-11)13-12(15)14(3)4/h5-9H,1-4H3,(H,13,15). The van der Waals surface area contributed by atoms with Gasteiger partial charge in [0, 0.05) is 19.8 Å². The molecule has 0 heterocycles. The van der Waals surface area contributed by atoms with Crippen LogP contribution < -0.4 is 10.1 Å². The summed E-state index contributed by atoms with van der Waals surface area (Å²) in [7, 11) is 3.40. The van der Waals surface area contributed by atoms with E-state index in [-0.39, 0.29) is 12.1 Å². The van der Waals surface area contributed by atoms with Gasteiger partial charge in [0.25, 0.3) is 0 Å². The van der Waals surface area contributed by atoms with Crippen LogP contribution >= 0.6 is 0 Å². The van der Waals surface area contributed by atoms with Crippen LogP contribution in [0, 0.1) is 0 Å². The molecule has 0 aliphatic carbocycles. The number of carbonyl (C=O) groups excluding carboxylic acids is 1. The molecule has 1 aromatic carbocycles. The first-order chi connectivity index (χ1) is 7.49. The molecule has 1 aromatic rings. The van der Waals surface area contributed by atoms with Gasteiger partial charge in [0.05, 0.1) is 6.10 Å². The van der Waals surface area contributed by atoms with Gasteiger partial charge in [-0.05, 0) is 38.1 Å². The zero-order valence-corrected chi connectivity index (χ0v) is 10.2. The highest BCUT2D eigenvalue weighted by Crippen LogP contribution is 2.16. The Hall–Kier alpha value is -1.71. The molecule has 88 valence electrons. The van der Waals surface area contributed by atoms with Crippen LogP contribution in [-0.4, -0.2) is 31.1 Å². The second kappa shape index (κ2) is 5.39. The molecular weight excluding hydrogens is 204 g/mol. The zero-order chi connectivity index (χ0) is 12.1. The number of benzene rings is 1. The molecule has 4 heteroatoms. The summed E-state index contributed by atoms with van der Waals surface area (Å²) in [5.41, 5.74) is 0.759. The van der Waals surface area contributed by atoms with Crippen LogP contribution in [0.1, 0.15) is 13.8 Å². The molecule has 0 bridgehead atoms. The van der Waals surface area contributed by atoms with Gasteiger partial charge in [0.15, 0.2) is 0 Å². The summed E-state index contributed by atoms with van der Waals surface area (Å²) in [4.78, 5) is 12.8. The topological polar surface area (TPSA) is 41.6 Å². The normalized spacial score (nSPS) is 10.1. The Kier molecular flexibility index (Phi) is 4.17. The van der Waals surface area contributed by atoms with E-state index in [1.807, 2.05) is 38.1 Å². The van der Waals surface area contributed by atoms with Gasteiger partial charge in [0.1, 0.15) is 5.75 Å². The van der Waals surface area contributed by atoms with E-state index < -0.39 is 0 Å². The van der Waals surface area contributed by atoms with Gasteiger partial charge in [0.2, 0.25) is 0 Å². The molecule has 0 saturated carbocycles. The molecule has 1 rings (SSSR count). The van der Waals surface area contributed by atoms with Crippen LogP contribution in [0.3, 0.4) is 0 Å². The van der Waals surface area contributed by atoms with E-state index in [4.69, 9.17) is 4.74 Å². The van der Waals surface area contributed by atoms with Gasteiger partial charge in [-0.1, -0.05) is 0 Å². The average Bonchev–Trinajstić information content (AvgIpc) is 2.20. The Bertz CT molecular complexity index is 345. The zero-order valence-electron chi connectivity index (χ0n) is 10.2. The van der Waals surface area contributed by atoms with E-state index in [1.54, 1.807) is 14.1 Å². The van der Waals surface area contributed by atoms with Crippen molar-refractivity contribution in [3.63, 3.8) is 0 Å². The molecule has 0 aliphatic heterocycles. The van der Waals surface area contributed by atoms with Crippen molar-refractivity contribution in [3.05, 3.63) is 24.3 Å². The van der Waals surface area contributed by atoms with Crippen molar-refractivity contribution in [1.29, 1.82) is 0 Å². The fourth-order valence-electron chi connectivity index (χ4n) is 1.12. The van der Waals surface area contributed by atoms with Crippen molar-refractivity contribution in [2.75, 3.05) is 19.4 Å². The fourth-order valence-corrected chi connectivity index (χ4v) is 1.12. The molecule has 0 fully saturated rings. The minimum absolute atomic E-state index is 0.141. The highest BCUT2D eigenvalue weighted by atomic mass is 16.5. The second-order valence-corrected chi connectivity index (χ2v) is 4.02. The number of anilines is 1. The number of nitrogens with zero attached hydrogens (tertiary/aromatic N) is 1. The maximum absolute atomic E-state index is 11.4. The summed E-state index contributed by atoms with van der Waals surface area (Å²) >= 11 is 0. The number of carbonyl (C=O) groups is 1. The van der Waals surface area contributed by atoms with Crippen LogP contribution in [0.25, 0.3) is 0 Å². The lowest BCUT2D eigenvalue weighted by Gasteiger charge is -2.13. The molecule has 0 radical (unpaired) electrons. The minimum Gasteiger partial charge on any atom is -0.491 e. The second-order valence-electron chi connectivity index (χ2n) is 4.02. The first kappa shape index (κ1) is 12.4. The minimum atomic E-state index is -0.141. The van der Waals surface area contributed by atoms with Crippen LogP contribution in [0.4, 0.5) is 10.5 Å². The van der Waals surface area contributed by atoms with Crippen molar-refractivity contribution in [1.82, 2.24) is 4.90 Å². The number of amides is 2. The molecule has 0 aliphatic rings. The van der Waals surface area contributed by atoms with E-state index >= 15 is 0 Å². The number of hydrogen-bond donors (Lipinski definition) is 1. The highest BCUT2D eigenvalue weighted by Gasteiger charge is 2.03. The van der Waals surface area contributed by atoms with E-state index in [0.29, 0.717) is 0 Å². The molecule has 4 nitrogen and oxygen atoms in total. The van der Waals surface area contributed by atoms with E-state index in [2.05, 4.69) is 5.32 Å². The summed E-state index contributed by atoms with van der Waals surface area (Å²) in [5.74, 6) is 0.804. The van der Waals surface area contributed by atoms with Crippen LogP contribution in [0.15, 0.2) is 24.3 Å². The van der Waals surface area contributed by atoms with Gasteiger partial charge in [-0.3, -0.25) is 0 Å². The van der Waals surface area contributed by atoms with Crippen LogP contribution in [-0.2, 0) is 0 Å². The molecule has 0 atom stereocenters. The first-order valence-electron chi connectivity index (χ1n) is 5.24. The summed E-state index contributed by atoms with van der Waals surface area (Å²) in [5, 5.41) is 2.75. The quantitative estimate of drug-likeness (QED) is 0.854. The summed E-state index contributed by atoms with van der Waals surface area (Å²) in [6.07, 6.45) is 0.155. The van der Waals surface area contributed by atoms with Crippen LogP contribution in [0.2, 0.25) is 0 Å². The van der Waals surface area contributed by atoms with Crippen molar-refractivity contribution in [3.8, 4) is 5.75 Å².